The topological polar surface area (TPSA) is 98.4 Å². The van der Waals surface area contributed by atoms with Gasteiger partial charge in [-0.05, 0) is 50.3 Å². The Bertz CT molecular complexity index is 1140. The van der Waals surface area contributed by atoms with Gasteiger partial charge in [0.15, 0.2) is 5.69 Å². The predicted molar refractivity (Wildman–Crippen MR) is 120 cm³/mol. The number of alkyl halides is 1. The molecule has 1 saturated carbocycles. The number of carbonyl (C=O) groups is 3. The van der Waals surface area contributed by atoms with E-state index in [2.05, 4.69) is 15.3 Å². The number of likely N-dealkylation sites (tertiary alicyclic amines) is 1. The minimum atomic E-state index is -1.04. The van der Waals surface area contributed by atoms with E-state index in [0.717, 1.165) is 0 Å². The summed E-state index contributed by atoms with van der Waals surface area (Å²) < 4.78 is 26.5. The van der Waals surface area contributed by atoms with Crippen LogP contribution >= 0.6 is 11.6 Å². The molecule has 5 rings (SSSR count). The summed E-state index contributed by atoms with van der Waals surface area (Å²) in [5.41, 5.74) is 0.0285. The van der Waals surface area contributed by atoms with Crippen molar-refractivity contribution in [3.63, 3.8) is 0 Å². The second-order valence-corrected chi connectivity index (χ2v) is 9.67. The molecule has 0 bridgehead atoms. The first-order valence-electron chi connectivity index (χ1n) is 11.3. The zero-order valence-corrected chi connectivity index (χ0v) is 19.1. The lowest BCUT2D eigenvalue weighted by atomic mass is 9.71. The molecule has 180 valence electrons. The van der Waals surface area contributed by atoms with E-state index in [4.69, 9.17) is 11.6 Å². The van der Waals surface area contributed by atoms with Gasteiger partial charge in [-0.25, -0.2) is 13.8 Å². The first-order chi connectivity index (χ1) is 16.3. The zero-order valence-electron chi connectivity index (χ0n) is 18.3. The maximum absolute atomic E-state index is 13.4. The number of aromatic amines is 1. The average Bonchev–Trinajstić information content (AvgIpc) is 3.39. The number of nitrogens with one attached hydrogen (secondary N) is 2. The smallest absolute Gasteiger partial charge is 0.272 e. The van der Waals surface area contributed by atoms with Gasteiger partial charge in [-0.2, -0.15) is 0 Å². The molecule has 3 fully saturated rings. The van der Waals surface area contributed by atoms with Crippen molar-refractivity contribution in [3.05, 3.63) is 46.8 Å². The number of halogens is 3. The van der Waals surface area contributed by atoms with Gasteiger partial charge in [-0.3, -0.25) is 14.4 Å². The maximum Gasteiger partial charge on any atom is 0.272 e. The van der Waals surface area contributed by atoms with E-state index in [9.17, 15) is 23.2 Å². The number of carbonyl (C=O) groups excluding carboxylic acids is 3. The molecule has 3 amide bonds. The van der Waals surface area contributed by atoms with Gasteiger partial charge in [0, 0.05) is 12.6 Å². The molecule has 3 aliphatic rings. The Hall–Kier alpha value is -3.01. The predicted octanol–water partition coefficient (Wildman–Crippen LogP) is 3.09. The quantitative estimate of drug-likeness (QED) is 0.686. The van der Waals surface area contributed by atoms with Gasteiger partial charge in [-0.15, -0.1) is 0 Å². The molecular formula is C23H24ClF2N5O3. The van der Waals surface area contributed by atoms with Crippen LogP contribution in [0.2, 0.25) is 5.02 Å². The number of hydrogen-bond donors (Lipinski definition) is 2. The Kier molecular flexibility index (Phi) is 5.79. The minimum Gasteiger partial charge on any atom is -0.348 e. The highest BCUT2D eigenvalue weighted by atomic mass is 35.5. The molecule has 34 heavy (non-hydrogen) atoms. The standard InChI is InChI=1S/C23H24ClF2N5O3/c24-16-9-13(25)1-2-17(16)31-8-7-23(22(31)34)5-3-15(4-6-23)29-20(32)18-19(28-12-27-18)21(33)30-10-14(26)11-30/h1-2,9,12,14-15H,3-8,10-11H2,(H,27,28)(H,29,32). The van der Waals surface area contributed by atoms with E-state index < -0.39 is 29.2 Å². The maximum atomic E-state index is 13.4. The van der Waals surface area contributed by atoms with Gasteiger partial charge in [0.1, 0.15) is 17.7 Å². The molecule has 8 nitrogen and oxygen atoms in total. The molecule has 2 saturated heterocycles. The first kappa shape index (κ1) is 22.8. The van der Waals surface area contributed by atoms with E-state index in [1.807, 2.05) is 0 Å². The molecule has 3 heterocycles. The highest BCUT2D eigenvalue weighted by molar-refractivity contribution is 6.34. The van der Waals surface area contributed by atoms with Crippen LogP contribution in [-0.2, 0) is 4.79 Å². The van der Waals surface area contributed by atoms with Crippen LogP contribution in [0.5, 0.6) is 0 Å². The summed E-state index contributed by atoms with van der Waals surface area (Å²) in [6, 6.07) is 3.86. The average molecular weight is 492 g/mol. The molecule has 2 aromatic rings. The van der Waals surface area contributed by atoms with Crippen molar-refractivity contribution in [1.82, 2.24) is 20.2 Å². The fourth-order valence-electron chi connectivity index (χ4n) is 5.16. The van der Waals surface area contributed by atoms with Crippen molar-refractivity contribution >= 4 is 35.0 Å². The van der Waals surface area contributed by atoms with Crippen molar-refractivity contribution in [2.45, 2.75) is 44.3 Å². The summed E-state index contributed by atoms with van der Waals surface area (Å²) in [7, 11) is 0. The van der Waals surface area contributed by atoms with Gasteiger partial charge in [0.2, 0.25) is 5.91 Å². The van der Waals surface area contributed by atoms with E-state index in [1.54, 1.807) is 4.90 Å². The summed E-state index contributed by atoms with van der Waals surface area (Å²) >= 11 is 6.17. The Morgan fingerprint density at radius 3 is 2.62 bits per heavy atom. The largest absolute Gasteiger partial charge is 0.348 e. The van der Waals surface area contributed by atoms with E-state index in [1.165, 1.54) is 29.4 Å². The van der Waals surface area contributed by atoms with Gasteiger partial charge < -0.3 is 20.1 Å². The van der Waals surface area contributed by atoms with Crippen molar-refractivity contribution in [1.29, 1.82) is 0 Å². The number of amides is 3. The number of nitrogens with zero attached hydrogens (tertiary/aromatic N) is 3. The third-order valence-electron chi connectivity index (χ3n) is 7.18. The number of benzene rings is 1. The van der Waals surface area contributed by atoms with Gasteiger partial charge in [0.05, 0.1) is 35.5 Å². The lowest BCUT2D eigenvalue weighted by Crippen LogP contribution is -2.52. The molecular weight excluding hydrogens is 468 g/mol. The van der Waals surface area contributed by atoms with Crippen LogP contribution in [-0.4, -0.2) is 64.4 Å². The number of rotatable bonds is 4. The summed E-state index contributed by atoms with van der Waals surface area (Å²) in [5.74, 6) is -1.40. The minimum absolute atomic E-state index is 0.0117. The number of H-pyrrole nitrogens is 1. The summed E-state index contributed by atoms with van der Waals surface area (Å²) in [6.07, 6.45) is 3.32. The van der Waals surface area contributed by atoms with Gasteiger partial charge >= 0.3 is 0 Å². The van der Waals surface area contributed by atoms with Crippen LogP contribution in [0, 0.1) is 11.2 Å². The molecule has 1 aromatic carbocycles. The number of anilines is 1. The highest BCUT2D eigenvalue weighted by Gasteiger charge is 2.49. The van der Waals surface area contributed by atoms with E-state index >= 15 is 0 Å². The number of imidazole rings is 1. The Morgan fingerprint density at radius 2 is 1.94 bits per heavy atom. The molecule has 0 unspecified atom stereocenters. The molecule has 2 N–H and O–H groups in total. The van der Waals surface area contributed by atoms with Crippen LogP contribution in [0.25, 0.3) is 0 Å². The van der Waals surface area contributed by atoms with Crippen molar-refractivity contribution in [2.75, 3.05) is 24.5 Å². The van der Waals surface area contributed by atoms with Crippen molar-refractivity contribution in [3.8, 4) is 0 Å². The Labute approximate surface area is 199 Å². The molecule has 0 radical (unpaired) electrons. The van der Waals surface area contributed by atoms with Crippen LogP contribution in [0.3, 0.4) is 0 Å². The summed E-state index contributed by atoms with van der Waals surface area (Å²) in [4.78, 5) is 48.2. The Balaban J connectivity index is 1.20. The Morgan fingerprint density at radius 1 is 1.21 bits per heavy atom. The van der Waals surface area contributed by atoms with E-state index in [0.29, 0.717) is 44.3 Å². The van der Waals surface area contributed by atoms with Gasteiger partial charge in [0.25, 0.3) is 11.8 Å². The molecule has 2 aliphatic heterocycles. The molecule has 0 atom stereocenters. The van der Waals surface area contributed by atoms with Gasteiger partial charge in [-0.1, -0.05) is 11.6 Å². The van der Waals surface area contributed by atoms with Crippen molar-refractivity contribution < 1.29 is 23.2 Å². The zero-order chi connectivity index (χ0) is 24.0. The fourth-order valence-corrected chi connectivity index (χ4v) is 5.43. The second-order valence-electron chi connectivity index (χ2n) is 9.26. The fraction of sp³-hybridized carbons (Fsp3) is 0.478. The SMILES string of the molecule is O=C(NC1CCC2(CC1)CCN(c1ccc(F)cc1Cl)C2=O)c1nc[nH]c1C(=O)N1CC(F)C1. The molecule has 1 aliphatic carbocycles. The normalized spacial score (nSPS) is 25.0. The second kappa shape index (κ2) is 8.65. The monoisotopic (exact) mass is 491 g/mol. The number of hydrogen-bond acceptors (Lipinski definition) is 4. The van der Waals surface area contributed by atoms with Crippen LogP contribution in [0.4, 0.5) is 14.5 Å². The first-order valence-corrected chi connectivity index (χ1v) is 11.7. The third-order valence-corrected chi connectivity index (χ3v) is 7.49. The molecule has 1 aromatic heterocycles. The highest BCUT2D eigenvalue weighted by Crippen LogP contribution is 2.47. The molecule has 11 heteroatoms. The van der Waals surface area contributed by atoms with E-state index in [-0.39, 0.29) is 41.4 Å². The summed E-state index contributed by atoms with van der Waals surface area (Å²) in [6.45, 7) is 0.534. The third kappa shape index (κ3) is 3.93. The lowest BCUT2D eigenvalue weighted by Gasteiger charge is -2.36. The summed E-state index contributed by atoms with van der Waals surface area (Å²) in [5, 5.41) is 3.13. The van der Waals surface area contributed by atoms with Crippen molar-refractivity contribution in [2.24, 2.45) is 5.41 Å². The number of aromatic nitrogens is 2. The van der Waals surface area contributed by atoms with Crippen LogP contribution in [0.1, 0.15) is 53.1 Å². The van der Waals surface area contributed by atoms with Crippen LogP contribution < -0.4 is 10.2 Å². The lowest BCUT2D eigenvalue weighted by molar-refractivity contribution is -0.127. The molecule has 1 spiro atoms. The van der Waals surface area contributed by atoms with Crippen LogP contribution in [0.15, 0.2) is 24.5 Å².